The number of carbonyl (C=O) groups is 1. The Balaban J connectivity index is 0.00000200. The van der Waals surface area contributed by atoms with E-state index in [9.17, 15) is 4.79 Å². The van der Waals surface area contributed by atoms with Crippen molar-refractivity contribution in [3.8, 4) is 0 Å². The number of halogens is 1. The van der Waals surface area contributed by atoms with Crippen molar-refractivity contribution in [3.05, 3.63) is 35.9 Å². The van der Waals surface area contributed by atoms with Gasteiger partial charge in [0, 0.05) is 32.6 Å². The van der Waals surface area contributed by atoms with Crippen molar-refractivity contribution in [1.29, 1.82) is 0 Å². The van der Waals surface area contributed by atoms with Gasteiger partial charge in [0.05, 0.1) is 0 Å². The van der Waals surface area contributed by atoms with Crippen LogP contribution in [0.1, 0.15) is 25.3 Å². The van der Waals surface area contributed by atoms with Gasteiger partial charge in [0.1, 0.15) is 0 Å². The molecule has 0 aromatic heterocycles. The summed E-state index contributed by atoms with van der Waals surface area (Å²) < 4.78 is 0. The first-order valence-electron chi connectivity index (χ1n) is 7.16. The zero-order chi connectivity index (χ0) is 13.7. The molecule has 1 aromatic carbocycles. The van der Waals surface area contributed by atoms with Crippen LogP contribution in [0.4, 0.5) is 0 Å². The lowest BCUT2D eigenvalue weighted by Crippen LogP contribution is -2.45. The highest BCUT2D eigenvalue weighted by molar-refractivity contribution is 5.85. The van der Waals surface area contributed by atoms with Gasteiger partial charge in [0.2, 0.25) is 5.91 Å². The van der Waals surface area contributed by atoms with Gasteiger partial charge in [-0.1, -0.05) is 30.3 Å². The molecule has 1 aromatic rings. The van der Waals surface area contributed by atoms with Gasteiger partial charge in [-0.05, 0) is 31.9 Å². The predicted octanol–water partition coefficient (Wildman–Crippen LogP) is 2.59. The van der Waals surface area contributed by atoms with E-state index in [1.54, 1.807) is 6.92 Å². The van der Waals surface area contributed by atoms with Crippen LogP contribution in [0.5, 0.6) is 0 Å². The van der Waals surface area contributed by atoms with Crippen LogP contribution in [-0.2, 0) is 11.2 Å². The van der Waals surface area contributed by atoms with E-state index in [-0.39, 0.29) is 18.3 Å². The van der Waals surface area contributed by atoms with Gasteiger partial charge in [-0.3, -0.25) is 4.79 Å². The fourth-order valence-electron chi connectivity index (χ4n) is 2.75. The Hall–Kier alpha value is -1.06. The molecule has 0 atom stereocenters. The summed E-state index contributed by atoms with van der Waals surface area (Å²) in [6.45, 7) is 4.58. The molecule has 4 heteroatoms. The fraction of sp³-hybridized carbons (Fsp3) is 0.562. The standard InChI is InChI=1S/C16H24N2O.ClH/c1-14(19)18-12-9-16(10-13-18)17(2)11-8-15-6-4-3-5-7-15;/h3-7,16H,8-13H2,1-2H3;1H. The van der Waals surface area contributed by atoms with Gasteiger partial charge >= 0.3 is 0 Å². The predicted molar refractivity (Wildman–Crippen MR) is 85.3 cm³/mol. The Kier molecular flexibility index (Phi) is 7.03. The largest absolute Gasteiger partial charge is 0.343 e. The molecule has 1 saturated heterocycles. The van der Waals surface area contributed by atoms with Crippen LogP contribution < -0.4 is 0 Å². The highest BCUT2D eigenvalue weighted by atomic mass is 35.5. The Morgan fingerprint density at radius 3 is 2.40 bits per heavy atom. The third-order valence-corrected chi connectivity index (χ3v) is 4.13. The van der Waals surface area contributed by atoms with Crippen molar-refractivity contribution in [1.82, 2.24) is 9.80 Å². The SMILES string of the molecule is CC(=O)N1CCC(N(C)CCc2ccccc2)CC1.Cl. The average Bonchev–Trinajstić information content (AvgIpc) is 2.46. The summed E-state index contributed by atoms with van der Waals surface area (Å²) >= 11 is 0. The summed E-state index contributed by atoms with van der Waals surface area (Å²) in [5.41, 5.74) is 1.40. The van der Waals surface area contributed by atoms with Crippen LogP contribution in [0.3, 0.4) is 0 Å². The summed E-state index contributed by atoms with van der Waals surface area (Å²) in [6, 6.07) is 11.3. The molecule has 2 rings (SSSR count). The molecule has 1 aliphatic rings. The maximum atomic E-state index is 11.3. The van der Waals surface area contributed by atoms with Gasteiger partial charge in [-0.15, -0.1) is 12.4 Å². The van der Waals surface area contributed by atoms with Crippen molar-refractivity contribution >= 4 is 18.3 Å². The molecule has 0 unspecified atom stereocenters. The van der Waals surface area contributed by atoms with Crippen LogP contribution in [0, 0.1) is 0 Å². The van der Waals surface area contributed by atoms with Gasteiger partial charge in [0.15, 0.2) is 0 Å². The number of nitrogens with zero attached hydrogens (tertiary/aromatic N) is 2. The van der Waals surface area contributed by atoms with Crippen molar-refractivity contribution in [2.45, 2.75) is 32.2 Å². The maximum Gasteiger partial charge on any atom is 0.219 e. The lowest BCUT2D eigenvalue weighted by Gasteiger charge is -2.36. The smallest absolute Gasteiger partial charge is 0.219 e. The minimum absolute atomic E-state index is 0. The van der Waals surface area contributed by atoms with Crippen LogP contribution in [0.2, 0.25) is 0 Å². The highest BCUT2D eigenvalue weighted by Crippen LogP contribution is 2.16. The highest BCUT2D eigenvalue weighted by Gasteiger charge is 2.23. The second-order valence-corrected chi connectivity index (χ2v) is 5.45. The molecule has 0 bridgehead atoms. The summed E-state index contributed by atoms with van der Waals surface area (Å²) in [6.07, 6.45) is 3.31. The van der Waals surface area contributed by atoms with Gasteiger partial charge in [0.25, 0.3) is 0 Å². The monoisotopic (exact) mass is 296 g/mol. The molecule has 0 aliphatic carbocycles. The number of carbonyl (C=O) groups excluding carboxylic acids is 1. The van der Waals surface area contributed by atoms with Crippen LogP contribution >= 0.6 is 12.4 Å². The first-order chi connectivity index (χ1) is 9.16. The van der Waals surface area contributed by atoms with Crippen LogP contribution in [0.25, 0.3) is 0 Å². The van der Waals surface area contributed by atoms with E-state index in [0.717, 1.165) is 38.9 Å². The number of amides is 1. The number of hydrogen-bond acceptors (Lipinski definition) is 2. The van der Waals surface area contributed by atoms with Crippen LogP contribution in [-0.4, -0.2) is 48.4 Å². The summed E-state index contributed by atoms with van der Waals surface area (Å²) in [7, 11) is 2.21. The molecule has 112 valence electrons. The van der Waals surface area contributed by atoms with E-state index in [1.807, 2.05) is 4.90 Å². The molecule has 1 aliphatic heterocycles. The molecular formula is C16H25ClN2O. The summed E-state index contributed by atoms with van der Waals surface area (Å²) in [5.74, 6) is 0.213. The first kappa shape index (κ1) is 17.0. The van der Waals surface area contributed by atoms with E-state index in [1.165, 1.54) is 5.56 Å². The second-order valence-electron chi connectivity index (χ2n) is 5.45. The minimum Gasteiger partial charge on any atom is -0.343 e. The molecule has 0 saturated carbocycles. The van der Waals surface area contributed by atoms with Crippen molar-refractivity contribution in [2.24, 2.45) is 0 Å². The molecule has 3 nitrogen and oxygen atoms in total. The van der Waals surface area contributed by atoms with E-state index >= 15 is 0 Å². The van der Waals surface area contributed by atoms with Crippen molar-refractivity contribution in [2.75, 3.05) is 26.7 Å². The number of likely N-dealkylation sites (N-methyl/N-ethyl adjacent to an activating group) is 1. The molecule has 1 heterocycles. The fourth-order valence-corrected chi connectivity index (χ4v) is 2.75. The molecule has 0 N–H and O–H groups in total. The number of benzene rings is 1. The topological polar surface area (TPSA) is 23.6 Å². The number of hydrogen-bond donors (Lipinski definition) is 0. The molecule has 20 heavy (non-hydrogen) atoms. The van der Waals surface area contributed by atoms with E-state index in [4.69, 9.17) is 0 Å². The van der Waals surface area contributed by atoms with Crippen molar-refractivity contribution in [3.63, 3.8) is 0 Å². The van der Waals surface area contributed by atoms with E-state index in [2.05, 4.69) is 42.3 Å². The zero-order valence-electron chi connectivity index (χ0n) is 12.4. The maximum absolute atomic E-state index is 11.3. The summed E-state index contributed by atoms with van der Waals surface area (Å²) in [5, 5.41) is 0. The Morgan fingerprint density at radius 1 is 1.25 bits per heavy atom. The van der Waals surface area contributed by atoms with E-state index in [0.29, 0.717) is 6.04 Å². The van der Waals surface area contributed by atoms with E-state index < -0.39 is 0 Å². The van der Waals surface area contributed by atoms with Gasteiger partial charge in [-0.25, -0.2) is 0 Å². The van der Waals surface area contributed by atoms with Crippen molar-refractivity contribution < 1.29 is 4.79 Å². The average molecular weight is 297 g/mol. The Bertz CT molecular complexity index is 402. The van der Waals surface area contributed by atoms with Gasteiger partial charge in [-0.2, -0.15) is 0 Å². The molecule has 1 fully saturated rings. The normalized spacial score (nSPS) is 16.1. The zero-order valence-corrected chi connectivity index (χ0v) is 13.2. The van der Waals surface area contributed by atoms with Gasteiger partial charge < -0.3 is 9.80 Å². The Labute approximate surface area is 128 Å². The number of likely N-dealkylation sites (tertiary alicyclic amines) is 1. The number of piperidine rings is 1. The Morgan fingerprint density at radius 2 is 1.85 bits per heavy atom. The molecular weight excluding hydrogens is 272 g/mol. The minimum atomic E-state index is 0. The number of rotatable bonds is 4. The quantitative estimate of drug-likeness (QED) is 0.853. The lowest BCUT2D eigenvalue weighted by atomic mass is 10.0. The molecule has 0 radical (unpaired) electrons. The lowest BCUT2D eigenvalue weighted by molar-refractivity contribution is -0.130. The third kappa shape index (κ3) is 4.80. The van der Waals surface area contributed by atoms with Crippen LogP contribution in [0.15, 0.2) is 30.3 Å². The third-order valence-electron chi connectivity index (χ3n) is 4.13. The summed E-state index contributed by atoms with van der Waals surface area (Å²) in [4.78, 5) is 15.7. The molecule has 0 spiro atoms. The first-order valence-corrected chi connectivity index (χ1v) is 7.16. The second kappa shape index (κ2) is 8.28. The molecule has 1 amide bonds.